The molecule has 0 aliphatic heterocycles. The zero-order valence-electron chi connectivity index (χ0n) is 64.2. The molecular formula is C76H126BrF2MgN5O8S3SiTi. The molecule has 3 aliphatic rings. The predicted octanol–water partition coefficient (Wildman–Crippen LogP) is 17.2. The van der Waals surface area contributed by atoms with Crippen LogP contribution in [0.5, 0.6) is 0 Å². The molecule has 9 N–H and O–H groups in total. The standard InChI is InChI=1S/C22H29FN2OS.C16H23NOS.C12H14O.C10H15FNSi.C4H11NOS.4C3H8O.BrH.Mg.Ti.H/c1-21(2,3)27(26)25-22(14-13-16-9-10-16,17-7-5-4-6-8-17)18-11-12-19(23)20(24)15-18;1-16(2,3)19(18)17-15(12-11-13-9-10-13)14-7-5-4-6-8-14;13-12(9-8-10-6-7-10)11-4-2-1-3-5-11;1-12(13(2,3)4)10-8-6-5-7-9(10)11;1-4(2,3)7(5)6;4*1-3(2)4;;;;/h4-8,11-12,15-16,25H,9-10,13-14,24H2,1-3H3;4-8,13H,9-12H2,1-3H3;1-5,10H,6-9H2;5,7-8H,1-4H3;5H2,1-3H3;4*3-4H,1-2H3;1H;;;/q;;;-1;;;;;;;+2;;-1. The molecule has 552 valence electrons. The Kier molecular flexibility index (Phi) is 53.4. The van der Waals surface area contributed by atoms with Gasteiger partial charge in [0, 0.05) is 63.9 Å². The molecule has 3 fully saturated rings. The van der Waals surface area contributed by atoms with Gasteiger partial charge < -0.3 is 32.2 Å². The van der Waals surface area contributed by atoms with E-state index >= 15 is 0 Å². The number of nitrogen functional groups attached to an aromatic ring is 1. The van der Waals surface area contributed by atoms with Crippen LogP contribution in [0.15, 0.2) is 132 Å². The third kappa shape index (κ3) is 49.0. The van der Waals surface area contributed by atoms with Gasteiger partial charge in [-0.2, -0.15) is 22.6 Å². The Bertz CT molecular complexity index is 2990. The van der Waals surface area contributed by atoms with Crippen molar-refractivity contribution >= 4 is 104 Å². The number of nitrogens with zero attached hydrogens (tertiary/aromatic N) is 2. The molecule has 0 radical (unpaired) electrons. The fraction of sp³-hybridized carbons (Fsp3) is 0.579. The van der Waals surface area contributed by atoms with E-state index < -0.39 is 57.3 Å². The van der Waals surface area contributed by atoms with Crippen LogP contribution in [0, 0.1) is 35.5 Å². The predicted molar refractivity (Wildman–Crippen MR) is 422 cm³/mol. The van der Waals surface area contributed by atoms with E-state index in [2.05, 4.69) is 47.0 Å². The normalized spacial score (nSPS) is 14.8. The molecule has 3 saturated carbocycles. The molecule has 4 atom stereocenters. The maximum absolute atomic E-state index is 13.9. The van der Waals surface area contributed by atoms with Crippen LogP contribution in [0.3, 0.4) is 0 Å². The SMILES string of the molecule is Br.CC(C)(C)S(=O)N=C(CCC1CC1)c1ccccc1.CC(C)(C)S(=O)NC(CCC1CC1)(c1ccccc1)c1ccc(F)c(N)c1.CC(C)(C)S(N)=O.CC(C)O.CC(C)O.CC(C)O.CC(C)O.CN(c1c[c-]ccc1F)[Si](C)(C)C.O=C(CCC1CC1)c1ccccc1.[H-].[Mg+2].[Ti]. The number of nitrogens with one attached hydrogen (secondary N) is 1. The number of halogens is 3. The molecule has 0 bridgehead atoms. The topological polar surface area (TPSA) is 229 Å². The van der Waals surface area contributed by atoms with Gasteiger partial charge in [-0.25, -0.2) is 26.1 Å². The first-order chi connectivity index (χ1) is 43.8. The van der Waals surface area contributed by atoms with Gasteiger partial charge in [-0.05, 0) is 209 Å². The van der Waals surface area contributed by atoms with E-state index in [4.69, 9.17) is 31.3 Å². The van der Waals surface area contributed by atoms with Gasteiger partial charge in [0.2, 0.25) is 0 Å². The van der Waals surface area contributed by atoms with Crippen molar-refractivity contribution in [1.29, 1.82) is 0 Å². The minimum Gasteiger partial charge on any atom is -1.00 e. The van der Waals surface area contributed by atoms with Gasteiger partial charge in [0.1, 0.15) is 25.0 Å². The van der Waals surface area contributed by atoms with Crippen LogP contribution < -0.4 is 20.2 Å². The Morgan fingerprint density at radius 2 is 1.01 bits per heavy atom. The summed E-state index contributed by atoms with van der Waals surface area (Å²) in [7, 11) is -3.17. The molecule has 3 aliphatic carbocycles. The number of ketones is 1. The Balaban J connectivity index is -0.000000363. The fourth-order valence-corrected chi connectivity index (χ4v) is 10.2. The number of anilines is 2. The van der Waals surface area contributed by atoms with Gasteiger partial charge >= 0.3 is 23.1 Å². The third-order valence-electron chi connectivity index (χ3n) is 13.8. The molecule has 0 amide bonds. The summed E-state index contributed by atoms with van der Waals surface area (Å²) in [6.45, 7) is 37.6. The Hall–Kier alpha value is -2.71. The molecule has 5 aromatic rings. The zero-order chi connectivity index (χ0) is 73.1. The molecule has 13 nitrogen and oxygen atoms in total. The second-order valence-corrected chi connectivity index (χ2v) is 40.1. The van der Waals surface area contributed by atoms with Gasteiger partial charge in [0.15, 0.2) is 5.78 Å². The first-order valence-electron chi connectivity index (χ1n) is 33.6. The third-order valence-corrected chi connectivity index (χ3v) is 20.4. The zero-order valence-corrected chi connectivity index (χ0v) is 71.4. The number of carbonyl (C=O) groups excluding carboxylic acids is 1. The number of hydrogen-bond donors (Lipinski definition) is 7. The van der Waals surface area contributed by atoms with E-state index in [0.717, 1.165) is 77.8 Å². The monoisotopic (exact) mass is 1550 g/mol. The van der Waals surface area contributed by atoms with Gasteiger partial charge in [-0.3, -0.25) is 9.93 Å². The van der Waals surface area contributed by atoms with E-state index in [9.17, 15) is 26.2 Å². The Morgan fingerprint density at radius 1 is 0.622 bits per heavy atom. The summed E-state index contributed by atoms with van der Waals surface area (Å²) in [5.41, 5.74) is 10.8. The maximum atomic E-state index is 13.9. The van der Waals surface area contributed by atoms with Crippen molar-refractivity contribution < 1.29 is 69.8 Å². The van der Waals surface area contributed by atoms with Crippen LogP contribution in [-0.2, 0) is 60.2 Å². The number of rotatable bonds is 18. The van der Waals surface area contributed by atoms with Crippen molar-refractivity contribution in [1.82, 2.24) is 4.72 Å². The second kappa shape index (κ2) is 51.4. The molecule has 0 aromatic heterocycles. The average molecular weight is 1550 g/mol. The number of aliphatic hydroxyl groups excluding tert-OH is 4. The van der Waals surface area contributed by atoms with Crippen LogP contribution in [0.4, 0.5) is 20.2 Å². The van der Waals surface area contributed by atoms with E-state index in [1.165, 1.54) is 57.1 Å². The van der Waals surface area contributed by atoms with Crippen molar-refractivity contribution in [2.75, 3.05) is 17.3 Å². The van der Waals surface area contributed by atoms with Crippen molar-refractivity contribution in [3.63, 3.8) is 0 Å². The number of aliphatic hydroxyl groups is 4. The molecule has 5 aromatic carbocycles. The summed E-state index contributed by atoms with van der Waals surface area (Å²) in [5.74, 6) is 2.15. The first-order valence-corrected chi connectivity index (χ1v) is 40.5. The van der Waals surface area contributed by atoms with Crippen molar-refractivity contribution in [2.45, 2.75) is 259 Å². The number of carbonyl (C=O) groups is 1. The molecule has 0 saturated heterocycles. The molecule has 22 heteroatoms. The number of nitrogens with two attached hydrogens (primary N) is 2. The quantitative estimate of drug-likeness (QED) is 0.0144. The fourth-order valence-electron chi connectivity index (χ4n) is 7.68. The van der Waals surface area contributed by atoms with Crippen LogP contribution in [-0.4, -0.2) is 122 Å². The molecule has 0 heterocycles. The maximum Gasteiger partial charge on any atom is 2.00 e. The van der Waals surface area contributed by atoms with Crippen molar-refractivity contribution in [2.24, 2.45) is 27.3 Å². The van der Waals surface area contributed by atoms with Gasteiger partial charge in [0.25, 0.3) is 0 Å². The van der Waals surface area contributed by atoms with E-state index in [1.54, 1.807) is 79.7 Å². The van der Waals surface area contributed by atoms with Crippen LogP contribution in [0.25, 0.3) is 0 Å². The first kappa shape index (κ1) is 102. The second-order valence-electron chi connectivity index (χ2n) is 29.4. The van der Waals surface area contributed by atoms with E-state index in [0.29, 0.717) is 11.5 Å². The van der Waals surface area contributed by atoms with E-state index in [-0.39, 0.29) is 109 Å². The van der Waals surface area contributed by atoms with Gasteiger partial charge in [-0.1, -0.05) is 155 Å². The van der Waals surface area contributed by atoms with Gasteiger partial charge in [0.05, 0.1) is 53.2 Å². The summed E-state index contributed by atoms with van der Waals surface area (Å²) in [6, 6.07) is 42.2. The summed E-state index contributed by atoms with van der Waals surface area (Å²) in [4.78, 5) is 11.6. The average Bonchev–Trinajstić information content (AvgIpc) is 1.40. The summed E-state index contributed by atoms with van der Waals surface area (Å²) in [6.07, 6.45) is 13.0. The van der Waals surface area contributed by atoms with Crippen LogP contribution >= 0.6 is 17.0 Å². The summed E-state index contributed by atoms with van der Waals surface area (Å²) >= 11 is 0. The van der Waals surface area contributed by atoms with Crippen LogP contribution in [0.1, 0.15) is 223 Å². The van der Waals surface area contributed by atoms with Crippen molar-refractivity contribution in [3.8, 4) is 0 Å². The molecular weight excluding hydrogens is 1430 g/mol. The van der Waals surface area contributed by atoms with Gasteiger partial charge in [-0.15, -0.1) is 23.0 Å². The van der Waals surface area contributed by atoms with Crippen molar-refractivity contribution in [3.05, 3.63) is 167 Å². The minimum absolute atomic E-state index is 0. The van der Waals surface area contributed by atoms with Crippen LogP contribution in [0.2, 0.25) is 19.6 Å². The summed E-state index contributed by atoms with van der Waals surface area (Å²) < 4.78 is 71.9. The Labute approximate surface area is 643 Å². The smallest absolute Gasteiger partial charge is 1.00 e. The molecule has 8 rings (SSSR count). The molecule has 98 heavy (non-hydrogen) atoms. The number of benzene rings is 5. The summed E-state index contributed by atoms with van der Waals surface area (Å²) in [5, 5.41) is 37.3. The Morgan fingerprint density at radius 3 is 1.37 bits per heavy atom. The molecule has 4 unspecified atom stereocenters. The minimum atomic E-state index is -1.46. The van der Waals surface area contributed by atoms with E-state index in [1.807, 2.05) is 153 Å². The molecule has 0 spiro atoms. The number of Topliss-reactive ketones (excluding diaryl/α,β-unsaturated/α-hetero) is 1. The number of hydrogen-bond acceptors (Lipinski definition) is 10. The largest absolute Gasteiger partial charge is 2.00 e.